The fraction of sp³-hybridized carbons (Fsp3) is 0.600. The highest BCUT2D eigenvalue weighted by Gasteiger charge is 2.35. The van der Waals surface area contributed by atoms with Crippen LogP contribution in [-0.4, -0.2) is 28.1 Å². The van der Waals surface area contributed by atoms with Crippen LogP contribution in [0, 0.1) is 5.41 Å². The van der Waals surface area contributed by atoms with Crippen molar-refractivity contribution < 1.29 is 14.7 Å². The molecule has 0 aromatic carbocycles. The van der Waals surface area contributed by atoms with E-state index in [0.29, 0.717) is 18.5 Å². The Morgan fingerprint density at radius 2 is 1.95 bits per heavy atom. The molecule has 1 amide bonds. The number of rotatable bonds is 8. The SMILES string of the molecule is CCCn1cccc1C(=O)NCC(CC)(CC)C(=O)O. The Morgan fingerprint density at radius 1 is 1.30 bits per heavy atom. The molecule has 0 aliphatic rings. The summed E-state index contributed by atoms with van der Waals surface area (Å²) in [4.78, 5) is 23.6. The molecular formula is C15H24N2O3. The molecule has 0 fully saturated rings. The van der Waals surface area contributed by atoms with Crippen molar-refractivity contribution >= 4 is 11.9 Å². The van der Waals surface area contributed by atoms with Crippen LogP contribution in [0.4, 0.5) is 0 Å². The van der Waals surface area contributed by atoms with Gasteiger partial charge in [0.15, 0.2) is 0 Å². The lowest BCUT2D eigenvalue weighted by molar-refractivity contribution is -0.149. The standard InChI is InChI=1S/C15H24N2O3/c1-4-9-17-10-7-8-12(17)13(18)16-11-15(5-2,6-3)14(19)20/h7-8,10H,4-6,9,11H2,1-3H3,(H,16,18)(H,19,20). The number of carbonyl (C=O) groups excluding carboxylic acids is 1. The van der Waals surface area contributed by atoms with E-state index in [4.69, 9.17) is 0 Å². The fourth-order valence-electron chi connectivity index (χ4n) is 2.27. The number of nitrogens with zero attached hydrogens (tertiary/aromatic N) is 1. The molecule has 5 nitrogen and oxygen atoms in total. The van der Waals surface area contributed by atoms with E-state index in [1.54, 1.807) is 6.07 Å². The summed E-state index contributed by atoms with van der Waals surface area (Å²) in [6, 6.07) is 3.58. The second kappa shape index (κ2) is 7.12. The second-order valence-corrected chi connectivity index (χ2v) is 5.06. The summed E-state index contributed by atoms with van der Waals surface area (Å²) in [6.45, 7) is 6.66. The molecule has 1 aromatic rings. The van der Waals surface area contributed by atoms with Crippen molar-refractivity contribution in [3.63, 3.8) is 0 Å². The van der Waals surface area contributed by atoms with Crippen LogP contribution in [0.3, 0.4) is 0 Å². The largest absolute Gasteiger partial charge is 0.481 e. The number of hydrogen-bond donors (Lipinski definition) is 2. The van der Waals surface area contributed by atoms with E-state index in [-0.39, 0.29) is 12.5 Å². The predicted octanol–water partition coefficient (Wildman–Crippen LogP) is 2.52. The first-order valence-corrected chi connectivity index (χ1v) is 7.17. The van der Waals surface area contributed by atoms with Gasteiger partial charge in [-0.25, -0.2) is 0 Å². The van der Waals surface area contributed by atoms with E-state index in [9.17, 15) is 14.7 Å². The molecule has 1 heterocycles. The number of aryl methyl sites for hydroxylation is 1. The van der Waals surface area contributed by atoms with Crippen molar-refractivity contribution in [1.29, 1.82) is 0 Å². The third-order valence-corrected chi connectivity index (χ3v) is 3.92. The summed E-state index contributed by atoms with van der Waals surface area (Å²) in [5.74, 6) is -1.07. The Labute approximate surface area is 120 Å². The van der Waals surface area contributed by atoms with Crippen molar-refractivity contribution in [3.05, 3.63) is 24.0 Å². The summed E-state index contributed by atoms with van der Waals surface area (Å²) in [5.41, 5.74) is -0.295. The Balaban J connectivity index is 2.75. The molecule has 0 saturated heterocycles. The minimum Gasteiger partial charge on any atom is -0.481 e. The quantitative estimate of drug-likeness (QED) is 0.768. The summed E-state index contributed by atoms with van der Waals surface area (Å²) in [7, 11) is 0. The fourth-order valence-corrected chi connectivity index (χ4v) is 2.27. The molecule has 0 bridgehead atoms. The Bertz CT molecular complexity index is 461. The smallest absolute Gasteiger partial charge is 0.311 e. The van der Waals surface area contributed by atoms with E-state index >= 15 is 0 Å². The predicted molar refractivity (Wildman–Crippen MR) is 77.7 cm³/mol. The van der Waals surface area contributed by atoms with Crippen LogP contribution < -0.4 is 5.32 Å². The molecule has 1 rings (SSSR count). The number of carboxylic acids is 1. The van der Waals surface area contributed by atoms with Crippen molar-refractivity contribution in [2.75, 3.05) is 6.54 Å². The average molecular weight is 280 g/mol. The van der Waals surface area contributed by atoms with Crippen LogP contribution in [0.2, 0.25) is 0 Å². The van der Waals surface area contributed by atoms with E-state index in [1.807, 2.05) is 37.6 Å². The van der Waals surface area contributed by atoms with Crippen molar-refractivity contribution in [1.82, 2.24) is 9.88 Å². The van der Waals surface area contributed by atoms with Gasteiger partial charge in [0.1, 0.15) is 5.69 Å². The number of amides is 1. The summed E-state index contributed by atoms with van der Waals surface area (Å²) >= 11 is 0. The average Bonchev–Trinajstić information content (AvgIpc) is 2.88. The number of hydrogen-bond acceptors (Lipinski definition) is 2. The van der Waals surface area contributed by atoms with E-state index in [1.165, 1.54) is 0 Å². The van der Waals surface area contributed by atoms with Gasteiger partial charge in [-0.15, -0.1) is 0 Å². The van der Waals surface area contributed by atoms with Gasteiger partial charge in [0.05, 0.1) is 5.41 Å². The zero-order valence-corrected chi connectivity index (χ0v) is 12.5. The molecule has 5 heteroatoms. The minimum absolute atomic E-state index is 0.158. The summed E-state index contributed by atoms with van der Waals surface area (Å²) in [5, 5.41) is 12.1. The summed E-state index contributed by atoms with van der Waals surface area (Å²) < 4.78 is 1.88. The van der Waals surface area contributed by atoms with E-state index < -0.39 is 11.4 Å². The first-order chi connectivity index (χ1) is 9.50. The number of carbonyl (C=O) groups is 2. The maximum absolute atomic E-state index is 12.2. The maximum Gasteiger partial charge on any atom is 0.311 e. The van der Waals surface area contributed by atoms with Crippen molar-refractivity contribution in [3.8, 4) is 0 Å². The van der Waals surface area contributed by atoms with Crippen LogP contribution in [-0.2, 0) is 11.3 Å². The maximum atomic E-state index is 12.2. The number of carboxylic acid groups (broad SMARTS) is 1. The van der Waals surface area contributed by atoms with Gasteiger partial charge in [-0.05, 0) is 31.4 Å². The minimum atomic E-state index is -0.877. The lowest BCUT2D eigenvalue weighted by Gasteiger charge is -2.26. The highest BCUT2D eigenvalue weighted by Crippen LogP contribution is 2.25. The number of aliphatic carboxylic acids is 1. The topological polar surface area (TPSA) is 71.3 Å². The third kappa shape index (κ3) is 3.40. The van der Waals surface area contributed by atoms with Gasteiger partial charge in [-0.1, -0.05) is 20.8 Å². The zero-order valence-electron chi connectivity index (χ0n) is 12.5. The highest BCUT2D eigenvalue weighted by molar-refractivity contribution is 5.93. The lowest BCUT2D eigenvalue weighted by Crippen LogP contribution is -2.42. The molecule has 0 atom stereocenters. The first-order valence-electron chi connectivity index (χ1n) is 7.17. The molecule has 2 N–H and O–H groups in total. The van der Waals surface area contributed by atoms with Crippen LogP contribution >= 0.6 is 0 Å². The molecule has 112 valence electrons. The number of aromatic nitrogens is 1. The monoisotopic (exact) mass is 280 g/mol. The van der Waals surface area contributed by atoms with Gasteiger partial charge in [0.25, 0.3) is 5.91 Å². The Hall–Kier alpha value is -1.78. The Kier molecular flexibility index (Phi) is 5.80. The Morgan fingerprint density at radius 3 is 2.45 bits per heavy atom. The lowest BCUT2D eigenvalue weighted by atomic mass is 9.82. The van der Waals surface area contributed by atoms with Gasteiger partial charge < -0.3 is 15.0 Å². The molecule has 20 heavy (non-hydrogen) atoms. The van der Waals surface area contributed by atoms with Crippen molar-refractivity contribution in [2.45, 2.75) is 46.6 Å². The first kappa shape index (κ1) is 16.3. The van der Waals surface area contributed by atoms with Crippen LogP contribution in [0.5, 0.6) is 0 Å². The number of nitrogens with one attached hydrogen (secondary N) is 1. The van der Waals surface area contributed by atoms with Crippen molar-refractivity contribution in [2.24, 2.45) is 5.41 Å². The molecule has 1 aromatic heterocycles. The van der Waals surface area contributed by atoms with Gasteiger partial charge >= 0.3 is 5.97 Å². The molecule has 0 aliphatic heterocycles. The van der Waals surface area contributed by atoms with Gasteiger partial charge in [-0.3, -0.25) is 9.59 Å². The molecule has 0 aliphatic carbocycles. The van der Waals surface area contributed by atoms with Crippen LogP contribution in [0.25, 0.3) is 0 Å². The normalized spacial score (nSPS) is 11.3. The zero-order chi connectivity index (χ0) is 15.2. The van der Waals surface area contributed by atoms with Crippen LogP contribution in [0.1, 0.15) is 50.5 Å². The highest BCUT2D eigenvalue weighted by atomic mass is 16.4. The van der Waals surface area contributed by atoms with Gasteiger partial charge in [0.2, 0.25) is 0 Å². The molecular weight excluding hydrogens is 256 g/mol. The van der Waals surface area contributed by atoms with E-state index in [2.05, 4.69) is 5.32 Å². The summed E-state index contributed by atoms with van der Waals surface area (Å²) in [6.07, 6.45) is 3.80. The second-order valence-electron chi connectivity index (χ2n) is 5.06. The van der Waals surface area contributed by atoms with Gasteiger partial charge in [0, 0.05) is 19.3 Å². The third-order valence-electron chi connectivity index (χ3n) is 3.92. The molecule has 0 saturated carbocycles. The molecule has 0 radical (unpaired) electrons. The van der Waals surface area contributed by atoms with Gasteiger partial charge in [-0.2, -0.15) is 0 Å². The molecule has 0 unspecified atom stereocenters. The van der Waals surface area contributed by atoms with Crippen LogP contribution in [0.15, 0.2) is 18.3 Å². The molecule has 0 spiro atoms. The van der Waals surface area contributed by atoms with E-state index in [0.717, 1.165) is 13.0 Å².